The normalized spacial score (nSPS) is 18.3. The van der Waals surface area contributed by atoms with Gasteiger partial charge < -0.3 is 10.2 Å². The highest BCUT2D eigenvalue weighted by Gasteiger charge is 2.35. The Morgan fingerprint density at radius 2 is 2.00 bits per heavy atom. The summed E-state index contributed by atoms with van der Waals surface area (Å²) in [4.78, 5) is 10.7. The van der Waals surface area contributed by atoms with Gasteiger partial charge in [-0.3, -0.25) is 4.79 Å². The fourth-order valence-corrected chi connectivity index (χ4v) is 3.51. The first-order chi connectivity index (χ1) is 7.84. The van der Waals surface area contributed by atoms with Gasteiger partial charge in [0.1, 0.15) is 5.75 Å². The minimum atomic E-state index is -3.74. The van der Waals surface area contributed by atoms with Gasteiger partial charge in [-0.15, -0.1) is 0 Å². The molecule has 1 aromatic rings. The topological polar surface area (TPSA) is 91.7 Å². The lowest BCUT2D eigenvalue weighted by molar-refractivity contribution is -0.139. The summed E-state index contributed by atoms with van der Waals surface area (Å²) < 4.78 is 24.1. The van der Waals surface area contributed by atoms with Crippen LogP contribution in [0.25, 0.3) is 6.08 Å². The number of phenolic OH excluding ortho intramolecular Hbond substituents is 1. The lowest BCUT2D eigenvalue weighted by Crippen LogP contribution is -2.16. The number of rotatable bonds is 2. The molecule has 0 radical (unpaired) electrons. The Bertz CT molecular complexity index is 627. The molecule has 0 aliphatic carbocycles. The summed E-state index contributed by atoms with van der Waals surface area (Å²) in [7, 11) is -3.74. The molecule has 0 saturated heterocycles. The van der Waals surface area contributed by atoms with Crippen molar-refractivity contribution in [3.63, 3.8) is 0 Å². The third kappa shape index (κ3) is 1.70. The van der Waals surface area contributed by atoms with E-state index in [9.17, 15) is 18.3 Å². The summed E-state index contributed by atoms with van der Waals surface area (Å²) in [6.45, 7) is 1.32. The number of phenols is 1. The Morgan fingerprint density at radius 1 is 1.35 bits per heavy atom. The van der Waals surface area contributed by atoms with Crippen molar-refractivity contribution in [3.8, 4) is 5.75 Å². The molecule has 0 aromatic heterocycles. The molecule has 6 heteroatoms. The molecule has 1 unspecified atom stereocenters. The molecule has 90 valence electrons. The molecule has 5 nitrogen and oxygen atoms in total. The molecule has 1 aromatic carbocycles. The molecule has 0 amide bonds. The first-order valence-electron chi connectivity index (χ1n) is 4.86. The van der Waals surface area contributed by atoms with Gasteiger partial charge in [-0.05, 0) is 36.8 Å². The summed E-state index contributed by atoms with van der Waals surface area (Å²) in [6.07, 6.45) is 1.29. The second-order valence-corrected chi connectivity index (χ2v) is 5.75. The second-order valence-electron chi connectivity index (χ2n) is 3.83. The zero-order valence-corrected chi connectivity index (χ0v) is 9.73. The predicted molar refractivity (Wildman–Crippen MR) is 60.1 cm³/mol. The summed E-state index contributed by atoms with van der Waals surface area (Å²) in [6, 6.07) is 3.84. The number of fused-ring (bicyclic) bond motifs is 1. The number of aliphatic carboxylic acids is 1. The van der Waals surface area contributed by atoms with E-state index in [1.54, 1.807) is 0 Å². The molecule has 0 saturated carbocycles. The SMILES string of the molecule is CC(C(=O)O)C1=Cc2cc(O)ccc2S1(=O)=O. The Balaban J connectivity index is 2.62. The maximum atomic E-state index is 12.0. The van der Waals surface area contributed by atoms with Gasteiger partial charge in [0.15, 0.2) is 0 Å². The van der Waals surface area contributed by atoms with E-state index in [0.29, 0.717) is 5.56 Å². The molecule has 1 aliphatic rings. The van der Waals surface area contributed by atoms with Gasteiger partial charge in [-0.25, -0.2) is 8.42 Å². The van der Waals surface area contributed by atoms with Crippen molar-refractivity contribution in [2.24, 2.45) is 5.92 Å². The molecule has 2 N–H and O–H groups in total. The molecular weight excluding hydrogens is 244 g/mol. The molecule has 1 atom stereocenters. The van der Waals surface area contributed by atoms with Gasteiger partial charge in [0.05, 0.1) is 15.7 Å². The number of hydrogen-bond donors (Lipinski definition) is 2. The maximum Gasteiger partial charge on any atom is 0.311 e. The van der Waals surface area contributed by atoms with E-state index in [4.69, 9.17) is 5.11 Å². The zero-order chi connectivity index (χ0) is 12.8. The van der Waals surface area contributed by atoms with Crippen LogP contribution >= 0.6 is 0 Å². The van der Waals surface area contributed by atoms with Crippen LogP contribution in [0.2, 0.25) is 0 Å². The Kier molecular flexibility index (Phi) is 2.46. The highest BCUT2D eigenvalue weighted by molar-refractivity contribution is 7.95. The van der Waals surface area contributed by atoms with Crippen LogP contribution in [-0.4, -0.2) is 24.6 Å². The van der Waals surface area contributed by atoms with Crippen molar-refractivity contribution in [1.82, 2.24) is 0 Å². The van der Waals surface area contributed by atoms with Crippen molar-refractivity contribution >= 4 is 21.9 Å². The molecule has 0 spiro atoms. The van der Waals surface area contributed by atoms with Crippen LogP contribution < -0.4 is 0 Å². The van der Waals surface area contributed by atoms with Gasteiger partial charge >= 0.3 is 5.97 Å². The molecule has 0 fully saturated rings. The quantitative estimate of drug-likeness (QED) is 0.828. The van der Waals surface area contributed by atoms with E-state index in [1.807, 2.05) is 0 Å². The molecular formula is C11H10O5S. The average molecular weight is 254 g/mol. The molecule has 17 heavy (non-hydrogen) atoms. The Hall–Kier alpha value is -1.82. The third-order valence-electron chi connectivity index (χ3n) is 2.69. The number of benzene rings is 1. The fraction of sp³-hybridized carbons (Fsp3) is 0.182. The van der Waals surface area contributed by atoms with Crippen LogP contribution in [0.5, 0.6) is 5.75 Å². The van der Waals surface area contributed by atoms with E-state index < -0.39 is 21.7 Å². The van der Waals surface area contributed by atoms with Gasteiger partial charge in [0.2, 0.25) is 9.84 Å². The van der Waals surface area contributed by atoms with Crippen LogP contribution in [0.3, 0.4) is 0 Å². The minimum Gasteiger partial charge on any atom is -0.508 e. The van der Waals surface area contributed by atoms with Crippen LogP contribution in [-0.2, 0) is 14.6 Å². The first kappa shape index (κ1) is 11.7. The largest absolute Gasteiger partial charge is 0.508 e. The van der Waals surface area contributed by atoms with Gasteiger partial charge in [-0.2, -0.15) is 0 Å². The van der Waals surface area contributed by atoms with Crippen LogP contribution in [0.15, 0.2) is 28.0 Å². The summed E-state index contributed by atoms with van der Waals surface area (Å²) in [5.41, 5.74) is 0.327. The van der Waals surface area contributed by atoms with Gasteiger partial charge in [0, 0.05) is 0 Å². The number of carboxylic acid groups (broad SMARTS) is 1. The highest BCUT2D eigenvalue weighted by atomic mass is 32.2. The Labute approximate surface area is 97.9 Å². The van der Waals surface area contributed by atoms with Crippen molar-refractivity contribution in [2.75, 3.05) is 0 Å². The lowest BCUT2D eigenvalue weighted by atomic mass is 10.1. The van der Waals surface area contributed by atoms with E-state index >= 15 is 0 Å². The molecule has 1 aliphatic heterocycles. The number of hydrogen-bond acceptors (Lipinski definition) is 4. The molecule has 2 rings (SSSR count). The zero-order valence-electron chi connectivity index (χ0n) is 8.91. The standard InChI is InChI=1S/C11H10O5S/c1-6(11(13)14)10-5-7-4-8(12)2-3-9(7)17(10,15)16/h2-6,12H,1H3,(H,13,14). The predicted octanol–water partition coefficient (Wildman–Crippen LogP) is 1.24. The Morgan fingerprint density at radius 3 is 2.59 bits per heavy atom. The number of carboxylic acids is 1. The summed E-state index contributed by atoms with van der Waals surface area (Å²) in [5.74, 6) is -2.36. The number of sulfone groups is 1. The summed E-state index contributed by atoms with van der Waals surface area (Å²) in [5, 5.41) is 18.1. The van der Waals surface area contributed by atoms with Crippen molar-refractivity contribution in [2.45, 2.75) is 11.8 Å². The van der Waals surface area contributed by atoms with Crippen molar-refractivity contribution in [1.29, 1.82) is 0 Å². The van der Waals surface area contributed by atoms with Gasteiger partial charge in [-0.1, -0.05) is 0 Å². The maximum absolute atomic E-state index is 12.0. The average Bonchev–Trinajstić information content (AvgIpc) is 2.48. The van der Waals surface area contributed by atoms with Crippen molar-refractivity contribution in [3.05, 3.63) is 28.7 Å². The number of aromatic hydroxyl groups is 1. The fourth-order valence-electron chi connectivity index (χ4n) is 1.73. The van der Waals surface area contributed by atoms with Gasteiger partial charge in [0.25, 0.3) is 0 Å². The van der Waals surface area contributed by atoms with E-state index in [0.717, 1.165) is 0 Å². The molecule has 1 heterocycles. The number of carbonyl (C=O) groups is 1. The van der Waals surface area contributed by atoms with Crippen LogP contribution in [0, 0.1) is 5.92 Å². The third-order valence-corrected chi connectivity index (χ3v) is 4.73. The van der Waals surface area contributed by atoms with Crippen LogP contribution in [0.4, 0.5) is 0 Å². The minimum absolute atomic E-state index is 0.0402. The van der Waals surface area contributed by atoms with Crippen LogP contribution in [0.1, 0.15) is 12.5 Å². The molecule has 0 bridgehead atoms. The smallest absolute Gasteiger partial charge is 0.311 e. The van der Waals surface area contributed by atoms with Crippen molar-refractivity contribution < 1.29 is 23.4 Å². The highest BCUT2D eigenvalue weighted by Crippen LogP contribution is 2.38. The monoisotopic (exact) mass is 254 g/mol. The summed E-state index contributed by atoms with van der Waals surface area (Å²) >= 11 is 0. The van der Waals surface area contributed by atoms with E-state index in [2.05, 4.69) is 0 Å². The second kappa shape index (κ2) is 3.59. The van der Waals surface area contributed by atoms with E-state index in [1.165, 1.54) is 31.2 Å². The lowest BCUT2D eigenvalue weighted by Gasteiger charge is -2.07. The first-order valence-corrected chi connectivity index (χ1v) is 6.35. The van der Waals surface area contributed by atoms with E-state index in [-0.39, 0.29) is 15.6 Å².